The van der Waals surface area contributed by atoms with Crippen LogP contribution in [0.5, 0.6) is 0 Å². The van der Waals surface area contributed by atoms with Crippen molar-refractivity contribution < 1.29 is 0 Å². The van der Waals surface area contributed by atoms with Gasteiger partial charge in [0, 0.05) is 35.4 Å². The lowest BCUT2D eigenvalue weighted by molar-refractivity contribution is 0.985. The van der Waals surface area contributed by atoms with Gasteiger partial charge in [0.25, 0.3) is 0 Å². The molecular weight excluding hydrogens is 230 g/mol. The third kappa shape index (κ3) is 3.20. The van der Waals surface area contributed by atoms with Crippen LogP contribution >= 0.6 is 11.3 Å². The number of thiazole rings is 1. The van der Waals surface area contributed by atoms with E-state index < -0.39 is 0 Å². The Hall–Kier alpha value is -1.55. The third-order valence-electron chi connectivity index (χ3n) is 2.58. The third-order valence-corrected chi connectivity index (χ3v) is 3.61. The zero-order valence-electron chi connectivity index (χ0n) is 10.2. The fraction of sp³-hybridized carbons (Fsp3) is 0.308. The summed E-state index contributed by atoms with van der Waals surface area (Å²) in [5, 5.41) is 6.66. The van der Waals surface area contributed by atoms with Crippen molar-refractivity contribution in [1.29, 1.82) is 0 Å². The molecule has 2 aromatic rings. The summed E-state index contributed by atoms with van der Waals surface area (Å²) in [7, 11) is 0. The van der Waals surface area contributed by atoms with Gasteiger partial charge in [0.2, 0.25) is 0 Å². The summed E-state index contributed by atoms with van der Waals surface area (Å²) in [5.74, 6) is 0. The first-order valence-electron chi connectivity index (χ1n) is 5.66. The van der Waals surface area contributed by atoms with Crippen LogP contribution in [0.1, 0.15) is 16.3 Å². The van der Waals surface area contributed by atoms with Crippen LogP contribution in [0.15, 0.2) is 23.6 Å². The Kier molecular flexibility index (Phi) is 3.64. The Morgan fingerprint density at radius 3 is 2.88 bits per heavy atom. The summed E-state index contributed by atoms with van der Waals surface area (Å²) in [6, 6.07) is 5.93. The number of anilines is 2. The molecule has 90 valence electrons. The van der Waals surface area contributed by atoms with Crippen LogP contribution in [0.3, 0.4) is 0 Å². The first kappa shape index (κ1) is 11.9. The van der Waals surface area contributed by atoms with Crippen molar-refractivity contribution in [3.05, 3.63) is 39.8 Å². The molecule has 4 heteroatoms. The van der Waals surface area contributed by atoms with Crippen molar-refractivity contribution in [3.8, 4) is 0 Å². The van der Waals surface area contributed by atoms with Crippen LogP contribution in [-0.4, -0.2) is 11.5 Å². The van der Waals surface area contributed by atoms with Gasteiger partial charge in [-0.2, -0.15) is 0 Å². The van der Waals surface area contributed by atoms with Gasteiger partial charge in [-0.3, -0.25) is 0 Å². The fourth-order valence-corrected chi connectivity index (χ4v) is 2.43. The molecule has 0 aliphatic rings. The first-order chi connectivity index (χ1) is 8.15. The molecule has 0 bridgehead atoms. The molecule has 0 aliphatic carbocycles. The van der Waals surface area contributed by atoms with E-state index in [1.165, 1.54) is 10.6 Å². The number of aryl methyl sites for hydroxylation is 2. The molecule has 1 heterocycles. The second-order valence-electron chi connectivity index (χ2n) is 4.13. The molecule has 0 saturated heterocycles. The van der Waals surface area contributed by atoms with Crippen molar-refractivity contribution in [1.82, 2.24) is 4.98 Å². The zero-order valence-corrected chi connectivity index (χ0v) is 11.0. The Morgan fingerprint density at radius 2 is 2.18 bits per heavy atom. The summed E-state index contributed by atoms with van der Waals surface area (Å²) in [6.45, 7) is 4.99. The largest absolute Gasteiger partial charge is 0.399 e. The van der Waals surface area contributed by atoms with Gasteiger partial charge >= 0.3 is 0 Å². The topological polar surface area (TPSA) is 50.9 Å². The Morgan fingerprint density at radius 1 is 1.35 bits per heavy atom. The van der Waals surface area contributed by atoms with Crippen LogP contribution in [0.25, 0.3) is 0 Å². The van der Waals surface area contributed by atoms with Gasteiger partial charge in [-0.25, -0.2) is 4.98 Å². The van der Waals surface area contributed by atoms with Gasteiger partial charge in [-0.1, -0.05) is 6.07 Å². The predicted octanol–water partition coefficient (Wildman–Crippen LogP) is 3.00. The molecule has 1 aromatic carbocycles. The number of nitrogens with one attached hydrogen (secondary N) is 1. The molecule has 0 fully saturated rings. The van der Waals surface area contributed by atoms with Crippen molar-refractivity contribution in [2.24, 2.45) is 0 Å². The molecule has 0 unspecified atom stereocenters. The van der Waals surface area contributed by atoms with Crippen molar-refractivity contribution in [3.63, 3.8) is 0 Å². The summed E-state index contributed by atoms with van der Waals surface area (Å²) < 4.78 is 0. The standard InChI is InChI=1S/C13H17N3S/c1-9-3-4-11(14)7-12(9)15-6-5-13-16-10(2)8-17-13/h3-4,7-8,15H,5-6,14H2,1-2H3. The summed E-state index contributed by atoms with van der Waals surface area (Å²) in [4.78, 5) is 4.44. The molecule has 0 atom stereocenters. The SMILES string of the molecule is Cc1csc(CCNc2cc(N)ccc2C)n1. The van der Waals surface area contributed by atoms with Crippen molar-refractivity contribution in [2.45, 2.75) is 20.3 Å². The van der Waals surface area contributed by atoms with E-state index in [9.17, 15) is 0 Å². The Balaban J connectivity index is 1.91. The molecule has 0 radical (unpaired) electrons. The first-order valence-corrected chi connectivity index (χ1v) is 6.54. The normalized spacial score (nSPS) is 10.5. The number of aromatic nitrogens is 1. The minimum absolute atomic E-state index is 0.795. The van der Waals surface area contributed by atoms with Crippen molar-refractivity contribution >= 4 is 22.7 Å². The van der Waals surface area contributed by atoms with Crippen LogP contribution < -0.4 is 11.1 Å². The number of rotatable bonds is 4. The van der Waals surface area contributed by atoms with Crippen LogP contribution in [-0.2, 0) is 6.42 Å². The zero-order chi connectivity index (χ0) is 12.3. The van der Waals surface area contributed by atoms with Gasteiger partial charge in [0.1, 0.15) is 0 Å². The van der Waals surface area contributed by atoms with E-state index in [1.54, 1.807) is 11.3 Å². The fourth-order valence-electron chi connectivity index (χ4n) is 1.65. The number of benzene rings is 1. The van der Waals surface area contributed by atoms with E-state index in [2.05, 4.69) is 22.6 Å². The van der Waals surface area contributed by atoms with Gasteiger partial charge < -0.3 is 11.1 Å². The van der Waals surface area contributed by atoms with E-state index in [0.717, 1.165) is 30.0 Å². The molecule has 0 amide bonds. The quantitative estimate of drug-likeness (QED) is 0.817. The molecule has 0 saturated carbocycles. The summed E-state index contributed by atoms with van der Waals surface area (Å²) in [6.07, 6.45) is 0.951. The highest BCUT2D eigenvalue weighted by Crippen LogP contribution is 2.18. The highest BCUT2D eigenvalue weighted by molar-refractivity contribution is 7.09. The number of nitrogens with two attached hydrogens (primary N) is 1. The minimum Gasteiger partial charge on any atom is -0.399 e. The number of hydrogen-bond donors (Lipinski definition) is 2. The van der Waals surface area contributed by atoms with Crippen molar-refractivity contribution in [2.75, 3.05) is 17.6 Å². The van der Waals surface area contributed by atoms with Gasteiger partial charge in [0.05, 0.1) is 5.01 Å². The lowest BCUT2D eigenvalue weighted by Gasteiger charge is -2.09. The number of nitrogen functional groups attached to an aromatic ring is 1. The van der Waals surface area contributed by atoms with E-state index in [4.69, 9.17) is 5.73 Å². The monoisotopic (exact) mass is 247 g/mol. The van der Waals surface area contributed by atoms with E-state index >= 15 is 0 Å². The highest BCUT2D eigenvalue weighted by atomic mass is 32.1. The second kappa shape index (κ2) is 5.19. The minimum atomic E-state index is 0.795. The van der Waals surface area contributed by atoms with Crippen LogP contribution in [0, 0.1) is 13.8 Å². The molecule has 0 spiro atoms. The maximum atomic E-state index is 5.76. The van der Waals surface area contributed by atoms with E-state index in [-0.39, 0.29) is 0 Å². The number of nitrogens with zero attached hydrogens (tertiary/aromatic N) is 1. The second-order valence-corrected chi connectivity index (χ2v) is 5.08. The molecule has 0 aliphatic heterocycles. The molecule has 17 heavy (non-hydrogen) atoms. The van der Waals surface area contributed by atoms with Gasteiger partial charge in [0.15, 0.2) is 0 Å². The molecule has 1 aromatic heterocycles. The molecule has 3 N–H and O–H groups in total. The summed E-state index contributed by atoms with van der Waals surface area (Å²) >= 11 is 1.72. The van der Waals surface area contributed by atoms with Gasteiger partial charge in [-0.05, 0) is 31.5 Å². The predicted molar refractivity (Wildman–Crippen MR) is 74.6 cm³/mol. The molecule has 2 rings (SSSR count). The number of hydrogen-bond acceptors (Lipinski definition) is 4. The lowest BCUT2D eigenvalue weighted by atomic mass is 10.2. The Bertz CT molecular complexity index is 505. The summed E-state index contributed by atoms with van der Waals surface area (Å²) in [5.41, 5.74) is 9.99. The maximum absolute atomic E-state index is 5.76. The maximum Gasteiger partial charge on any atom is 0.0945 e. The smallest absolute Gasteiger partial charge is 0.0945 e. The lowest BCUT2D eigenvalue weighted by Crippen LogP contribution is -2.06. The van der Waals surface area contributed by atoms with E-state index in [0.29, 0.717) is 0 Å². The Labute approximate surface area is 106 Å². The van der Waals surface area contributed by atoms with Gasteiger partial charge in [-0.15, -0.1) is 11.3 Å². The van der Waals surface area contributed by atoms with Crippen LogP contribution in [0.4, 0.5) is 11.4 Å². The highest BCUT2D eigenvalue weighted by Gasteiger charge is 2.01. The average Bonchev–Trinajstić information content (AvgIpc) is 2.69. The molecular formula is C13H17N3S. The van der Waals surface area contributed by atoms with Crippen LogP contribution in [0.2, 0.25) is 0 Å². The molecule has 3 nitrogen and oxygen atoms in total. The average molecular weight is 247 g/mol. The van der Waals surface area contributed by atoms with E-state index in [1.807, 2.05) is 25.1 Å².